The van der Waals surface area contributed by atoms with Gasteiger partial charge in [0.15, 0.2) is 11.5 Å². The molecule has 9 nitrogen and oxygen atoms in total. The van der Waals surface area contributed by atoms with Crippen LogP contribution in [0.1, 0.15) is 25.3 Å². The number of ether oxygens (including phenoxy) is 3. The molecule has 1 aromatic rings. The van der Waals surface area contributed by atoms with E-state index in [2.05, 4.69) is 10.6 Å². The first-order chi connectivity index (χ1) is 13.3. The molecular weight excluding hydrogens is 366 g/mol. The van der Waals surface area contributed by atoms with Gasteiger partial charge in [-0.25, -0.2) is 4.79 Å². The largest absolute Gasteiger partial charge is 0.496 e. The van der Waals surface area contributed by atoms with E-state index in [0.29, 0.717) is 22.8 Å². The molecule has 1 saturated carbocycles. The van der Waals surface area contributed by atoms with E-state index in [9.17, 15) is 14.4 Å². The number of amides is 4. The number of nitrogens with zero attached hydrogens (tertiary/aromatic N) is 1. The van der Waals surface area contributed by atoms with Gasteiger partial charge in [-0.1, -0.05) is 0 Å². The second-order valence-electron chi connectivity index (χ2n) is 7.09. The predicted octanol–water partition coefficient (Wildman–Crippen LogP) is 1.05. The van der Waals surface area contributed by atoms with Gasteiger partial charge in [0, 0.05) is 18.2 Å². The average Bonchev–Trinajstić information content (AvgIpc) is 3.51. The van der Waals surface area contributed by atoms with E-state index in [4.69, 9.17) is 14.2 Å². The van der Waals surface area contributed by atoms with E-state index in [0.717, 1.165) is 17.7 Å². The molecule has 1 aliphatic heterocycles. The molecule has 4 amide bonds. The summed E-state index contributed by atoms with van der Waals surface area (Å²) in [6.07, 6.45) is 1.81. The van der Waals surface area contributed by atoms with Crippen LogP contribution < -0.4 is 24.8 Å². The maximum atomic E-state index is 12.6. The van der Waals surface area contributed by atoms with E-state index in [1.807, 2.05) is 0 Å². The minimum atomic E-state index is -0.899. The van der Waals surface area contributed by atoms with Crippen LogP contribution in [-0.2, 0) is 16.1 Å². The number of hydrogen-bond donors (Lipinski definition) is 2. The van der Waals surface area contributed by atoms with Gasteiger partial charge in [0.2, 0.25) is 5.91 Å². The Kier molecular flexibility index (Phi) is 5.35. The zero-order valence-corrected chi connectivity index (χ0v) is 16.5. The van der Waals surface area contributed by atoms with Gasteiger partial charge in [0.05, 0.1) is 21.3 Å². The van der Waals surface area contributed by atoms with Crippen molar-refractivity contribution in [2.75, 3.05) is 27.9 Å². The summed E-state index contributed by atoms with van der Waals surface area (Å²) in [6, 6.07) is 2.84. The Labute approximate surface area is 163 Å². The summed E-state index contributed by atoms with van der Waals surface area (Å²) in [5.74, 6) is 0.886. The topological polar surface area (TPSA) is 106 Å². The second kappa shape index (κ2) is 7.57. The van der Waals surface area contributed by atoms with Crippen molar-refractivity contribution in [1.82, 2.24) is 15.5 Å². The molecule has 28 heavy (non-hydrogen) atoms. The lowest BCUT2D eigenvalue weighted by atomic mass is 9.96. The van der Waals surface area contributed by atoms with Crippen molar-refractivity contribution in [3.63, 3.8) is 0 Å². The zero-order chi connectivity index (χ0) is 20.5. The molecular formula is C19H25N3O6. The first-order valence-electron chi connectivity index (χ1n) is 9.03. The molecule has 2 aliphatic rings. The third-order valence-corrected chi connectivity index (χ3v) is 5.26. The van der Waals surface area contributed by atoms with E-state index in [1.54, 1.807) is 19.1 Å². The van der Waals surface area contributed by atoms with E-state index < -0.39 is 17.5 Å². The molecule has 0 spiro atoms. The number of urea groups is 1. The Morgan fingerprint density at radius 3 is 2.32 bits per heavy atom. The molecule has 3 rings (SSSR count). The van der Waals surface area contributed by atoms with Crippen molar-refractivity contribution in [2.24, 2.45) is 5.92 Å². The molecule has 0 bridgehead atoms. The summed E-state index contributed by atoms with van der Waals surface area (Å²) in [6.45, 7) is 1.53. The molecule has 1 atom stereocenters. The molecule has 1 saturated heterocycles. The molecule has 2 N–H and O–H groups in total. The second-order valence-corrected chi connectivity index (χ2v) is 7.09. The number of carbonyl (C=O) groups excluding carboxylic acids is 3. The van der Waals surface area contributed by atoms with E-state index in [-0.39, 0.29) is 24.9 Å². The molecule has 0 aromatic heterocycles. The van der Waals surface area contributed by atoms with Crippen LogP contribution in [0.3, 0.4) is 0 Å². The Balaban J connectivity index is 1.65. The third kappa shape index (κ3) is 3.56. The zero-order valence-electron chi connectivity index (χ0n) is 16.5. The van der Waals surface area contributed by atoms with Gasteiger partial charge in [0.1, 0.15) is 17.8 Å². The molecule has 1 unspecified atom stereocenters. The van der Waals surface area contributed by atoms with Crippen LogP contribution in [0, 0.1) is 5.92 Å². The van der Waals surface area contributed by atoms with Crippen molar-refractivity contribution in [3.8, 4) is 17.2 Å². The summed E-state index contributed by atoms with van der Waals surface area (Å²) < 4.78 is 15.8. The quantitative estimate of drug-likeness (QED) is 0.642. The van der Waals surface area contributed by atoms with Crippen LogP contribution in [0.4, 0.5) is 4.79 Å². The normalized spacial score (nSPS) is 21.4. The number of rotatable bonds is 8. The molecule has 9 heteroatoms. The maximum Gasteiger partial charge on any atom is 0.325 e. The van der Waals surface area contributed by atoms with E-state index in [1.165, 1.54) is 21.3 Å². The smallest absolute Gasteiger partial charge is 0.325 e. The van der Waals surface area contributed by atoms with Crippen LogP contribution >= 0.6 is 0 Å². The number of imide groups is 1. The lowest BCUT2D eigenvalue weighted by Crippen LogP contribution is -2.46. The minimum Gasteiger partial charge on any atom is -0.496 e. The Bertz CT molecular complexity index is 807. The van der Waals surface area contributed by atoms with Crippen molar-refractivity contribution in [1.29, 1.82) is 0 Å². The number of nitrogens with one attached hydrogen (secondary N) is 2. The van der Waals surface area contributed by atoms with Gasteiger partial charge in [-0.15, -0.1) is 0 Å². The van der Waals surface area contributed by atoms with Crippen LogP contribution in [0.15, 0.2) is 12.1 Å². The monoisotopic (exact) mass is 391 g/mol. The predicted molar refractivity (Wildman–Crippen MR) is 99.3 cm³/mol. The SMILES string of the molecule is COc1cc(OC)c(OC)cc1CNC(=O)CN1C(=O)NC(C)(C2CC2)C1=O. The first kappa shape index (κ1) is 19.8. The van der Waals surface area contributed by atoms with E-state index >= 15 is 0 Å². The number of hydrogen-bond acceptors (Lipinski definition) is 6. The maximum absolute atomic E-state index is 12.6. The van der Waals surface area contributed by atoms with Gasteiger partial charge in [-0.2, -0.15) is 0 Å². The van der Waals surface area contributed by atoms with Crippen molar-refractivity contribution in [2.45, 2.75) is 31.8 Å². The highest BCUT2D eigenvalue weighted by Gasteiger charge is 2.56. The summed E-state index contributed by atoms with van der Waals surface area (Å²) in [5, 5.41) is 5.44. The van der Waals surface area contributed by atoms with Crippen molar-refractivity contribution in [3.05, 3.63) is 17.7 Å². The lowest BCUT2D eigenvalue weighted by Gasteiger charge is -2.20. The molecule has 152 valence electrons. The van der Waals surface area contributed by atoms with Crippen LogP contribution in [0.2, 0.25) is 0 Å². The summed E-state index contributed by atoms with van der Waals surface area (Å²) in [4.78, 5) is 38.1. The molecule has 1 aliphatic carbocycles. The molecule has 0 radical (unpaired) electrons. The van der Waals surface area contributed by atoms with Crippen LogP contribution in [0.5, 0.6) is 17.2 Å². The Morgan fingerprint density at radius 2 is 1.75 bits per heavy atom. The number of carbonyl (C=O) groups is 3. The fraction of sp³-hybridized carbons (Fsp3) is 0.526. The molecule has 2 fully saturated rings. The Hall–Kier alpha value is -2.97. The number of benzene rings is 1. The van der Waals surface area contributed by atoms with Crippen molar-refractivity contribution >= 4 is 17.8 Å². The average molecular weight is 391 g/mol. The highest BCUT2D eigenvalue weighted by Crippen LogP contribution is 2.42. The molecule has 1 heterocycles. The van der Waals surface area contributed by atoms with Crippen LogP contribution in [-0.4, -0.2) is 56.2 Å². The number of methoxy groups -OCH3 is 3. The van der Waals surface area contributed by atoms with Gasteiger partial charge >= 0.3 is 6.03 Å². The standard InChI is InChI=1S/C19H25N3O6/c1-19(12-5-6-12)17(24)22(18(25)21-19)10-16(23)20-9-11-7-14(27-3)15(28-4)8-13(11)26-2/h7-8,12H,5-6,9-10H2,1-4H3,(H,20,23)(H,21,25). The fourth-order valence-corrected chi connectivity index (χ4v) is 3.42. The van der Waals surface area contributed by atoms with Gasteiger partial charge < -0.3 is 24.8 Å². The van der Waals surface area contributed by atoms with Crippen molar-refractivity contribution < 1.29 is 28.6 Å². The highest BCUT2D eigenvalue weighted by molar-refractivity contribution is 6.09. The summed E-state index contributed by atoms with van der Waals surface area (Å²) in [7, 11) is 4.55. The lowest BCUT2D eigenvalue weighted by molar-refractivity contribution is -0.135. The minimum absolute atomic E-state index is 0.145. The highest BCUT2D eigenvalue weighted by atomic mass is 16.5. The Morgan fingerprint density at radius 1 is 1.14 bits per heavy atom. The first-order valence-corrected chi connectivity index (χ1v) is 9.03. The summed E-state index contributed by atoms with van der Waals surface area (Å²) in [5.41, 5.74) is -0.224. The summed E-state index contributed by atoms with van der Waals surface area (Å²) >= 11 is 0. The third-order valence-electron chi connectivity index (χ3n) is 5.26. The van der Waals surface area contributed by atoms with Gasteiger partial charge in [0.25, 0.3) is 5.91 Å². The van der Waals surface area contributed by atoms with Crippen LogP contribution in [0.25, 0.3) is 0 Å². The fourth-order valence-electron chi connectivity index (χ4n) is 3.42. The molecule has 1 aromatic carbocycles. The van der Waals surface area contributed by atoms with Gasteiger partial charge in [-0.3, -0.25) is 14.5 Å². The van der Waals surface area contributed by atoms with Gasteiger partial charge in [-0.05, 0) is 31.7 Å².